The average molecular weight is 277 g/mol. The minimum Gasteiger partial charge on any atom is -0.349 e. The summed E-state index contributed by atoms with van der Waals surface area (Å²) >= 11 is 0. The molecule has 0 saturated heterocycles. The number of carbonyl (C=O) groups excluding carboxylic acids is 1. The zero-order valence-corrected chi connectivity index (χ0v) is 14.2. The largest absolute Gasteiger partial charge is 0.349 e. The van der Waals surface area contributed by atoms with Crippen LogP contribution in [0.3, 0.4) is 0 Å². The van der Waals surface area contributed by atoms with Gasteiger partial charge in [-0.3, -0.25) is 4.79 Å². The van der Waals surface area contributed by atoms with Crippen LogP contribution in [-0.2, 0) is 4.79 Å². The Labute approximate surface area is 124 Å². The molecule has 20 heavy (non-hydrogen) atoms. The third-order valence-electron chi connectivity index (χ3n) is 4.58. The van der Waals surface area contributed by atoms with Crippen molar-refractivity contribution in [1.82, 2.24) is 4.90 Å². The zero-order chi connectivity index (χ0) is 15.3. The predicted octanol–water partition coefficient (Wildman–Crippen LogP) is 4.72. The van der Waals surface area contributed by atoms with Crippen LogP contribution in [0.2, 0.25) is 0 Å². The van der Waals surface area contributed by atoms with Crippen LogP contribution in [0.1, 0.15) is 66.2 Å². The van der Waals surface area contributed by atoms with Gasteiger partial charge in [0.05, 0.1) is 0 Å². The highest BCUT2D eigenvalue weighted by Gasteiger charge is 2.27. The molecule has 0 unspecified atom stereocenters. The van der Waals surface area contributed by atoms with Crippen LogP contribution >= 0.6 is 0 Å². The highest BCUT2D eigenvalue weighted by atomic mass is 16.2. The molecule has 0 aromatic rings. The molecule has 114 valence electrons. The Balaban J connectivity index is 2.58. The van der Waals surface area contributed by atoms with E-state index in [1.54, 1.807) is 16.0 Å². The summed E-state index contributed by atoms with van der Waals surface area (Å²) in [6.45, 7) is 9.19. The molecule has 2 heteroatoms. The normalized spacial score (nSPS) is 19.2. The fraction of sp³-hybridized carbons (Fsp3) is 0.722. The fourth-order valence-corrected chi connectivity index (χ4v) is 3.10. The van der Waals surface area contributed by atoms with E-state index >= 15 is 0 Å². The first kappa shape index (κ1) is 17.0. The number of allylic oxidation sites excluding steroid dienone is 3. The van der Waals surface area contributed by atoms with Gasteiger partial charge in [0, 0.05) is 20.5 Å². The van der Waals surface area contributed by atoms with E-state index in [9.17, 15) is 4.79 Å². The average Bonchev–Trinajstić information content (AvgIpc) is 2.34. The maximum atomic E-state index is 11.6. The highest BCUT2D eigenvalue weighted by molar-refractivity contribution is 5.77. The first-order valence-electron chi connectivity index (χ1n) is 7.79. The van der Waals surface area contributed by atoms with Crippen molar-refractivity contribution in [3.05, 3.63) is 22.8 Å². The molecule has 0 aliphatic heterocycles. The van der Waals surface area contributed by atoms with Crippen LogP contribution in [0.25, 0.3) is 0 Å². The molecule has 1 aliphatic rings. The summed E-state index contributed by atoms with van der Waals surface area (Å²) in [5.74, 6) is 0.178. The summed E-state index contributed by atoms with van der Waals surface area (Å²) in [6.07, 6.45) is 8.75. The summed E-state index contributed by atoms with van der Waals surface area (Å²) in [6, 6.07) is 0. The molecule has 0 atom stereocenters. The summed E-state index contributed by atoms with van der Waals surface area (Å²) < 4.78 is 0. The van der Waals surface area contributed by atoms with Gasteiger partial charge in [-0.25, -0.2) is 0 Å². The fourth-order valence-electron chi connectivity index (χ4n) is 3.10. The Morgan fingerprint density at radius 3 is 2.55 bits per heavy atom. The van der Waals surface area contributed by atoms with Gasteiger partial charge in [0.15, 0.2) is 0 Å². The molecule has 0 heterocycles. The molecule has 0 fully saturated rings. The monoisotopic (exact) mass is 277 g/mol. The second-order valence-electron chi connectivity index (χ2n) is 7.04. The smallest absolute Gasteiger partial charge is 0.225 e. The first-order chi connectivity index (χ1) is 9.24. The third kappa shape index (κ3) is 4.81. The van der Waals surface area contributed by atoms with Gasteiger partial charge < -0.3 is 4.90 Å². The maximum Gasteiger partial charge on any atom is 0.225 e. The zero-order valence-electron chi connectivity index (χ0n) is 14.2. The SMILES string of the molecule is CC1=C(CC/C(C)=C/CC(=O)N(C)C)C(C)(C)CCC1. The lowest BCUT2D eigenvalue weighted by Crippen LogP contribution is -2.21. The van der Waals surface area contributed by atoms with Crippen molar-refractivity contribution in [2.24, 2.45) is 5.41 Å². The predicted molar refractivity (Wildman–Crippen MR) is 86.6 cm³/mol. The van der Waals surface area contributed by atoms with Gasteiger partial charge in [-0.2, -0.15) is 0 Å². The Hall–Kier alpha value is -1.05. The lowest BCUT2D eigenvalue weighted by Gasteiger charge is -2.35. The van der Waals surface area contributed by atoms with E-state index in [0.29, 0.717) is 11.8 Å². The van der Waals surface area contributed by atoms with Crippen molar-refractivity contribution in [3.8, 4) is 0 Å². The van der Waals surface area contributed by atoms with Crippen LogP contribution in [0.5, 0.6) is 0 Å². The molecule has 0 aromatic heterocycles. The van der Waals surface area contributed by atoms with E-state index in [2.05, 4.69) is 33.8 Å². The van der Waals surface area contributed by atoms with Crippen molar-refractivity contribution in [3.63, 3.8) is 0 Å². The Morgan fingerprint density at radius 2 is 2.00 bits per heavy atom. The molecule has 1 aliphatic carbocycles. The Kier molecular flexibility index (Phi) is 6.04. The van der Waals surface area contributed by atoms with Gasteiger partial charge in [0.25, 0.3) is 0 Å². The third-order valence-corrected chi connectivity index (χ3v) is 4.58. The number of carbonyl (C=O) groups is 1. The van der Waals surface area contributed by atoms with Crippen molar-refractivity contribution >= 4 is 5.91 Å². The van der Waals surface area contributed by atoms with Crippen molar-refractivity contribution < 1.29 is 4.79 Å². The summed E-state index contributed by atoms with van der Waals surface area (Å²) in [5.41, 5.74) is 4.94. The lowest BCUT2D eigenvalue weighted by molar-refractivity contribution is -0.127. The Bertz CT molecular complexity index is 413. The topological polar surface area (TPSA) is 20.3 Å². The number of amides is 1. The summed E-state index contributed by atoms with van der Waals surface area (Å²) in [5, 5.41) is 0. The van der Waals surface area contributed by atoms with Gasteiger partial charge in [-0.05, 0) is 51.4 Å². The van der Waals surface area contributed by atoms with Gasteiger partial charge in [0.2, 0.25) is 5.91 Å². The molecule has 2 nitrogen and oxygen atoms in total. The van der Waals surface area contributed by atoms with Gasteiger partial charge >= 0.3 is 0 Å². The second kappa shape index (κ2) is 7.10. The number of nitrogens with zero attached hydrogens (tertiary/aromatic N) is 1. The standard InChI is InChI=1S/C18H31NO/c1-14(10-12-17(20)19(5)6)9-11-16-15(2)8-7-13-18(16,3)4/h10H,7-9,11-13H2,1-6H3/b14-10+. The minimum absolute atomic E-state index is 0.178. The quantitative estimate of drug-likeness (QED) is 0.666. The van der Waals surface area contributed by atoms with Gasteiger partial charge in [-0.1, -0.05) is 36.6 Å². The van der Waals surface area contributed by atoms with E-state index in [4.69, 9.17) is 0 Å². The Morgan fingerprint density at radius 1 is 1.35 bits per heavy atom. The van der Waals surface area contributed by atoms with Crippen LogP contribution < -0.4 is 0 Å². The highest BCUT2D eigenvalue weighted by Crippen LogP contribution is 2.42. The minimum atomic E-state index is 0.178. The lowest BCUT2D eigenvalue weighted by atomic mass is 9.71. The van der Waals surface area contributed by atoms with Crippen LogP contribution in [-0.4, -0.2) is 24.9 Å². The van der Waals surface area contributed by atoms with Gasteiger partial charge in [-0.15, -0.1) is 0 Å². The summed E-state index contributed by atoms with van der Waals surface area (Å²) in [4.78, 5) is 13.2. The van der Waals surface area contributed by atoms with Crippen LogP contribution in [0, 0.1) is 5.41 Å². The van der Waals surface area contributed by atoms with Crippen molar-refractivity contribution in [2.75, 3.05) is 14.1 Å². The second-order valence-corrected chi connectivity index (χ2v) is 7.04. The summed E-state index contributed by atoms with van der Waals surface area (Å²) in [7, 11) is 3.62. The molecular weight excluding hydrogens is 246 g/mol. The van der Waals surface area contributed by atoms with Gasteiger partial charge in [0.1, 0.15) is 0 Å². The van der Waals surface area contributed by atoms with E-state index in [-0.39, 0.29) is 5.91 Å². The van der Waals surface area contributed by atoms with E-state index in [0.717, 1.165) is 12.8 Å². The van der Waals surface area contributed by atoms with E-state index in [1.807, 2.05) is 14.1 Å². The maximum absolute atomic E-state index is 11.6. The van der Waals surface area contributed by atoms with E-state index in [1.165, 1.54) is 24.8 Å². The number of hydrogen-bond donors (Lipinski definition) is 0. The van der Waals surface area contributed by atoms with Crippen molar-refractivity contribution in [1.29, 1.82) is 0 Å². The first-order valence-corrected chi connectivity index (χ1v) is 7.79. The molecule has 0 aromatic carbocycles. The van der Waals surface area contributed by atoms with Crippen LogP contribution in [0.15, 0.2) is 22.8 Å². The molecule has 0 N–H and O–H groups in total. The molecule has 0 bridgehead atoms. The number of hydrogen-bond acceptors (Lipinski definition) is 1. The molecule has 0 saturated carbocycles. The van der Waals surface area contributed by atoms with Crippen molar-refractivity contribution in [2.45, 2.75) is 66.2 Å². The molecular formula is C18H31NO. The van der Waals surface area contributed by atoms with Crippen LogP contribution in [0.4, 0.5) is 0 Å². The number of rotatable bonds is 5. The van der Waals surface area contributed by atoms with E-state index < -0.39 is 0 Å². The molecule has 1 rings (SSSR count). The molecule has 1 amide bonds. The molecule has 0 spiro atoms. The molecule has 0 radical (unpaired) electrons.